The summed E-state index contributed by atoms with van der Waals surface area (Å²) in [6.07, 6.45) is 17.6. The molecule has 0 aromatic heterocycles. The summed E-state index contributed by atoms with van der Waals surface area (Å²) >= 11 is 0. The molecule has 0 aliphatic carbocycles. The Labute approximate surface area is 248 Å². The van der Waals surface area contributed by atoms with Crippen molar-refractivity contribution in [1.29, 1.82) is 0 Å². The van der Waals surface area contributed by atoms with E-state index >= 15 is 0 Å². The second kappa shape index (κ2) is 22.0. The van der Waals surface area contributed by atoms with Gasteiger partial charge in [0.05, 0.1) is 11.1 Å². The van der Waals surface area contributed by atoms with Gasteiger partial charge in [-0.25, -0.2) is 9.59 Å². The molecule has 0 saturated carbocycles. The van der Waals surface area contributed by atoms with Gasteiger partial charge in [0.1, 0.15) is 0 Å². The van der Waals surface area contributed by atoms with Crippen LogP contribution in [0.15, 0.2) is 48.5 Å². The highest BCUT2D eigenvalue weighted by molar-refractivity contribution is 5.89. The second-order valence-corrected chi connectivity index (χ2v) is 10.7. The SMILES string of the molecule is [CH2]CCCCCCC[C](OOC(=O)c1ccc(CCCCCC)cc1)OOC(=O)c1ccc(CCCCCC)cc1. The van der Waals surface area contributed by atoms with Gasteiger partial charge in [-0.05, 0) is 67.5 Å². The monoisotopic (exact) mass is 566 g/mol. The zero-order chi connectivity index (χ0) is 29.5. The fourth-order valence-electron chi connectivity index (χ4n) is 4.47. The lowest BCUT2D eigenvalue weighted by Crippen LogP contribution is -2.16. The van der Waals surface area contributed by atoms with Crippen LogP contribution < -0.4 is 0 Å². The van der Waals surface area contributed by atoms with Gasteiger partial charge in [0.15, 0.2) is 0 Å². The van der Waals surface area contributed by atoms with Crippen molar-refractivity contribution < 1.29 is 29.1 Å². The van der Waals surface area contributed by atoms with E-state index in [-0.39, 0.29) is 6.29 Å². The minimum atomic E-state index is -0.639. The smallest absolute Gasteiger partial charge is 0.289 e. The van der Waals surface area contributed by atoms with Crippen LogP contribution in [0.2, 0.25) is 0 Å². The molecular weight excluding hydrogens is 516 g/mol. The van der Waals surface area contributed by atoms with E-state index in [1.807, 2.05) is 24.3 Å². The van der Waals surface area contributed by atoms with Gasteiger partial charge in [0.2, 0.25) is 0 Å². The standard InChI is InChI=1S/C35H50O6/c1-4-7-10-13-14-17-20-33(38-40-34(36)31-25-21-29(22-26-31)18-15-11-8-5-2)39-41-35(37)32-27-23-30(24-28-32)19-16-12-9-6-3/h21-28H,1,4-20H2,2-3H3. The number of rotatable bonds is 23. The van der Waals surface area contributed by atoms with Crippen LogP contribution in [0.3, 0.4) is 0 Å². The van der Waals surface area contributed by atoms with Crippen LogP contribution in [0.1, 0.15) is 142 Å². The fraction of sp³-hybridized carbons (Fsp3) is 0.543. The Morgan fingerprint density at radius 3 is 1.39 bits per heavy atom. The number of hydrogen-bond donors (Lipinski definition) is 0. The van der Waals surface area contributed by atoms with Gasteiger partial charge >= 0.3 is 18.2 Å². The number of carbonyl (C=O) groups is 2. The van der Waals surface area contributed by atoms with E-state index in [1.54, 1.807) is 24.3 Å². The molecule has 2 radical (unpaired) electrons. The zero-order valence-corrected chi connectivity index (χ0v) is 25.3. The topological polar surface area (TPSA) is 71.1 Å². The Balaban J connectivity index is 1.85. The van der Waals surface area contributed by atoms with Gasteiger partial charge in [-0.3, -0.25) is 9.78 Å². The van der Waals surface area contributed by atoms with Crippen molar-refractivity contribution >= 4 is 11.9 Å². The van der Waals surface area contributed by atoms with E-state index < -0.39 is 11.9 Å². The molecule has 41 heavy (non-hydrogen) atoms. The van der Waals surface area contributed by atoms with Gasteiger partial charge in [-0.1, -0.05) is 116 Å². The average Bonchev–Trinajstić information content (AvgIpc) is 3.00. The maximum atomic E-state index is 12.6. The Hall–Kier alpha value is -2.70. The molecule has 0 aliphatic rings. The summed E-state index contributed by atoms with van der Waals surface area (Å²) in [7, 11) is 0. The Morgan fingerprint density at radius 1 is 0.537 bits per heavy atom. The number of unbranched alkanes of at least 4 members (excludes halogenated alkanes) is 11. The van der Waals surface area contributed by atoms with Gasteiger partial charge in [-0.2, -0.15) is 0 Å². The molecule has 2 aromatic carbocycles. The molecule has 0 saturated heterocycles. The number of hydrogen-bond acceptors (Lipinski definition) is 6. The molecule has 0 aliphatic heterocycles. The largest absolute Gasteiger partial charge is 0.373 e. The van der Waals surface area contributed by atoms with Crippen molar-refractivity contribution in [1.82, 2.24) is 0 Å². The molecule has 6 nitrogen and oxygen atoms in total. The molecule has 0 heterocycles. The number of aryl methyl sites for hydroxylation is 2. The summed E-state index contributed by atoms with van der Waals surface area (Å²) in [6.45, 7) is 8.26. The lowest BCUT2D eigenvalue weighted by Gasteiger charge is -2.14. The highest BCUT2D eigenvalue weighted by Gasteiger charge is 2.21. The van der Waals surface area contributed by atoms with Crippen LogP contribution in [0, 0.1) is 13.2 Å². The van der Waals surface area contributed by atoms with Crippen molar-refractivity contribution in [3.8, 4) is 0 Å². The predicted molar refractivity (Wildman–Crippen MR) is 162 cm³/mol. The summed E-state index contributed by atoms with van der Waals surface area (Å²) in [4.78, 5) is 45.7. The van der Waals surface area contributed by atoms with E-state index in [0.717, 1.165) is 64.2 Å². The molecule has 0 fully saturated rings. The maximum absolute atomic E-state index is 12.6. The lowest BCUT2D eigenvalue weighted by molar-refractivity contribution is -0.363. The molecule has 0 N–H and O–H groups in total. The Kier molecular flexibility index (Phi) is 18.5. The summed E-state index contributed by atoms with van der Waals surface area (Å²) in [6, 6.07) is 14.7. The van der Waals surface area contributed by atoms with E-state index in [0.29, 0.717) is 17.5 Å². The van der Waals surface area contributed by atoms with Crippen LogP contribution in [0.4, 0.5) is 0 Å². The summed E-state index contributed by atoms with van der Waals surface area (Å²) < 4.78 is 0. The molecule has 226 valence electrons. The first-order valence-electron chi connectivity index (χ1n) is 15.7. The summed E-state index contributed by atoms with van der Waals surface area (Å²) in [5, 5.41) is 0. The lowest BCUT2D eigenvalue weighted by atomic mass is 10.0. The molecule has 0 unspecified atom stereocenters. The minimum Gasteiger partial charge on any atom is -0.289 e. The maximum Gasteiger partial charge on any atom is 0.373 e. The van der Waals surface area contributed by atoms with Gasteiger partial charge in [-0.15, -0.1) is 9.78 Å². The average molecular weight is 567 g/mol. The first-order valence-corrected chi connectivity index (χ1v) is 15.7. The number of benzene rings is 2. The summed E-state index contributed by atoms with van der Waals surface area (Å²) in [5.41, 5.74) is 3.12. The van der Waals surface area contributed by atoms with E-state index in [1.165, 1.54) is 49.7 Å². The molecule has 0 amide bonds. The van der Waals surface area contributed by atoms with Gasteiger partial charge in [0.25, 0.3) is 0 Å². The quantitative estimate of drug-likeness (QED) is 0.0757. The normalized spacial score (nSPS) is 11.1. The van der Waals surface area contributed by atoms with Crippen LogP contribution >= 0.6 is 0 Å². The first kappa shape index (κ1) is 34.5. The van der Waals surface area contributed by atoms with Crippen LogP contribution in [-0.2, 0) is 32.4 Å². The van der Waals surface area contributed by atoms with Crippen LogP contribution in [0.5, 0.6) is 0 Å². The highest BCUT2D eigenvalue weighted by atomic mass is 17.3. The van der Waals surface area contributed by atoms with Crippen molar-refractivity contribution in [3.05, 3.63) is 84.0 Å². The highest BCUT2D eigenvalue weighted by Crippen LogP contribution is 2.20. The van der Waals surface area contributed by atoms with Crippen molar-refractivity contribution in [3.63, 3.8) is 0 Å². The fourth-order valence-corrected chi connectivity index (χ4v) is 4.47. The molecule has 0 atom stereocenters. The van der Waals surface area contributed by atoms with Gasteiger partial charge < -0.3 is 0 Å². The predicted octanol–water partition coefficient (Wildman–Crippen LogP) is 9.86. The Bertz CT molecular complexity index is 882. The summed E-state index contributed by atoms with van der Waals surface area (Å²) in [5.74, 6) is -1.28. The number of carbonyl (C=O) groups excluding carboxylic acids is 2. The molecule has 6 heteroatoms. The Morgan fingerprint density at radius 2 is 0.951 bits per heavy atom. The second-order valence-electron chi connectivity index (χ2n) is 10.7. The molecule has 0 spiro atoms. The third-order valence-electron chi connectivity index (χ3n) is 7.07. The zero-order valence-electron chi connectivity index (χ0n) is 25.3. The molecule has 0 bridgehead atoms. The van der Waals surface area contributed by atoms with Crippen molar-refractivity contribution in [2.45, 2.75) is 123 Å². The third kappa shape index (κ3) is 15.2. The van der Waals surface area contributed by atoms with E-state index in [9.17, 15) is 9.59 Å². The minimum absolute atomic E-state index is 0.0658. The van der Waals surface area contributed by atoms with E-state index in [2.05, 4.69) is 20.8 Å². The van der Waals surface area contributed by atoms with Crippen molar-refractivity contribution in [2.75, 3.05) is 0 Å². The first-order chi connectivity index (χ1) is 20.1. The van der Waals surface area contributed by atoms with E-state index in [4.69, 9.17) is 19.6 Å². The third-order valence-corrected chi connectivity index (χ3v) is 7.07. The molecule has 2 rings (SSSR count). The van der Waals surface area contributed by atoms with Crippen LogP contribution in [-0.4, -0.2) is 11.9 Å². The van der Waals surface area contributed by atoms with Crippen molar-refractivity contribution in [2.24, 2.45) is 0 Å². The van der Waals surface area contributed by atoms with Crippen LogP contribution in [0.25, 0.3) is 0 Å². The molecular formula is C35H50O6. The molecule has 2 aromatic rings. The van der Waals surface area contributed by atoms with Gasteiger partial charge in [0, 0.05) is 6.42 Å².